The largest absolute Gasteiger partial charge is 0.455 e. The van der Waals surface area contributed by atoms with E-state index in [1.165, 1.54) is 11.8 Å². The van der Waals surface area contributed by atoms with Gasteiger partial charge in [0.15, 0.2) is 18.5 Å². The van der Waals surface area contributed by atoms with Gasteiger partial charge in [-0.25, -0.2) is 0 Å². The van der Waals surface area contributed by atoms with Gasteiger partial charge in [-0.15, -0.1) is 11.8 Å². The lowest BCUT2D eigenvalue weighted by atomic mass is 9.95. The average Bonchev–Trinajstić information content (AvgIpc) is 3.38. The maximum atomic E-state index is 14.2. The Morgan fingerprint density at radius 1 is 0.431 bits per heavy atom. The molecule has 2 aliphatic heterocycles. The minimum Gasteiger partial charge on any atom is -0.455 e. The van der Waals surface area contributed by atoms with Crippen molar-refractivity contribution in [1.82, 2.24) is 0 Å². The molecular formula is C59H72O12S. The molecule has 0 aromatic heterocycles. The van der Waals surface area contributed by atoms with Gasteiger partial charge in [0, 0.05) is 0 Å². The highest BCUT2D eigenvalue weighted by Gasteiger charge is 2.54. The normalized spacial score (nSPS) is 24.6. The fourth-order valence-electron chi connectivity index (χ4n) is 8.22. The fraction of sp³-hybridized carbons (Fsp3) is 0.458. The summed E-state index contributed by atoms with van der Waals surface area (Å²) in [5, 5.41) is 0. The molecule has 0 bridgehead atoms. The summed E-state index contributed by atoms with van der Waals surface area (Å²) in [4.78, 5) is 28.0. The number of rotatable bonds is 23. The molecule has 2 heterocycles. The van der Waals surface area contributed by atoms with E-state index in [0.29, 0.717) is 12.4 Å². The molecule has 0 amide bonds. The van der Waals surface area contributed by atoms with Gasteiger partial charge in [0.05, 0.1) is 57.1 Å². The number of ether oxygens (including phenoxy) is 10. The van der Waals surface area contributed by atoms with Gasteiger partial charge in [0.25, 0.3) is 0 Å². The summed E-state index contributed by atoms with van der Waals surface area (Å²) in [7, 11) is 0. The summed E-state index contributed by atoms with van der Waals surface area (Å²) in [6.07, 6.45) is -8.14. The van der Waals surface area contributed by atoms with Crippen molar-refractivity contribution in [3.05, 3.63) is 179 Å². The lowest BCUT2D eigenvalue weighted by molar-refractivity contribution is -0.331. The summed E-state index contributed by atoms with van der Waals surface area (Å²) < 4.78 is 67.7. The van der Waals surface area contributed by atoms with Crippen molar-refractivity contribution in [2.75, 3.05) is 19.0 Å². The molecule has 13 heteroatoms. The van der Waals surface area contributed by atoms with Crippen molar-refractivity contribution in [2.24, 2.45) is 10.8 Å². The Labute approximate surface area is 430 Å². The molecular weight excluding hydrogens is 933 g/mol. The van der Waals surface area contributed by atoms with Crippen LogP contribution in [0.25, 0.3) is 0 Å². The SMILES string of the molecule is CCS[C@@H]1OC(CO[C@@H]2OC(COCc3ccccc3)[C@@H](OCc3ccccc3)C(OCc3ccccc3)C2OC(=O)C(C)(C)C)[C@@H](OCc2ccccc2)C(OCc2ccccc2)C1OC(=O)C(C)(C)C. The van der Waals surface area contributed by atoms with Crippen LogP contribution in [0.4, 0.5) is 0 Å². The third kappa shape index (κ3) is 16.0. The minimum atomic E-state index is -1.21. The monoisotopic (exact) mass is 1000 g/mol. The zero-order chi connectivity index (χ0) is 50.9. The second-order valence-corrected chi connectivity index (χ2v) is 21.5. The Balaban J connectivity index is 1.26. The summed E-state index contributed by atoms with van der Waals surface area (Å²) in [6, 6.07) is 49.2. The molecule has 0 saturated carbocycles. The molecule has 2 saturated heterocycles. The van der Waals surface area contributed by atoms with Crippen LogP contribution in [0.15, 0.2) is 152 Å². The molecule has 5 aromatic rings. The van der Waals surface area contributed by atoms with Crippen molar-refractivity contribution in [3.63, 3.8) is 0 Å². The van der Waals surface area contributed by atoms with Crippen molar-refractivity contribution in [2.45, 2.75) is 142 Å². The second kappa shape index (κ2) is 26.9. The van der Waals surface area contributed by atoms with Crippen molar-refractivity contribution >= 4 is 23.7 Å². The van der Waals surface area contributed by atoms with E-state index < -0.39 is 83.3 Å². The first-order chi connectivity index (χ1) is 34.8. The number of carbonyl (C=O) groups excluding carboxylic acids is 2. The van der Waals surface area contributed by atoms with Gasteiger partial charge >= 0.3 is 11.9 Å². The van der Waals surface area contributed by atoms with Gasteiger partial charge in [-0.2, -0.15) is 0 Å². The van der Waals surface area contributed by atoms with Crippen LogP contribution in [0.5, 0.6) is 0 Å². The molecule has 0 radical (unpaired) electrons. The zero-order valence-electron chi connectivity index (χ0n) is 42.7. The fourth-order valence-corrected chi connectivity index (χ4v) is 9.16. The molecule has 10 atom stereocenters. The molecule has 6 unspecified atom stereocenters. The van der Waals surface area contributed by atoms with Crippen LogP contribution in [0.3, 0.4) is 0 Å². The molecule has 0 aliphatic carbocycles. The minimum absolute atomic E-state index is 0.0908. The van der Waals surface area contributed by atoms with E-state index >= 15 is 0 Å². The molecule has 72 heavy (non-hydrogen) atoms. The molecule has 2 fully saturated rings. The molecule has 2 aliphatic rings. The summed E-state index contributed by atoms with van der Waals surface area (Å²) in [6.45, 7) is 14.0. The number of carbonyl (C=O) groups is 2. The van der Waals surface area contributed by atoms with Gasteiger partial charge in [-0.1, -0.05) is 159 Å². The van der Waals surface area contributed by atoms with Gasteiger partial charge in [-0.05, 0) is 75.1 Å². The average molecular weight is 1010 g/mol. The third-order valence-corrected chi connectivity index (χ3v) is 13.2. The van der Waals surface area contributed by atoms with Crippen LogP contribution in [0.2, 0.25) is 0 Å². The second-order valence-electron chi connectivity index (χ2n) is 20.2. The number of benzene rings is 5. The first-order valence-corrected chi connectivity index (χ1v) is 26.0. The topological polar surface area (TPSA) is 126 Å². The van der Waals surface area contributed by atoms with E-state index in [0.717, 1.165) is 27.8 Å². The summed E-state index contributed by atoms with van der Waals surface area (Å²) in [5.41, 5.74) is 2.31. The Bertz CT molecular complexity index is 2350. The molecule has 0 spiro atoms. The number of hydrogen-bond donors (Lipinski definition) is 0. The lowest BCUT2D eigenvalue weighted by Crippen LogP contribution is -2.64. The van der Waals surface area contributed by atoms with Gasteiger partial charge in [0.2, 0.25) is 0 Å². The lowest BCUT2D eigenvalue weighted by Gasteiger charge is -2.48. The van der Waals surface area contributed by atoms with E-state index in [4.69, 9.17) is 47.4 Å². The Kier molecular flexibility index (Phi) is 20.5. The van der Waals surface area contributed by atoms with Crippen molar-refractivity contribution in [3.8, 4) is 0 Å². The Morgan fingerprint density at radius 3 is 1.17 bits per heavy atom. The molecule has 12 nitrogen and oxygen atoms in total. The van der Waals surface area contributed by atoms with Crippen molar-refractivity contribution in [1.29, 1.82) is 0 Å². The predicted octanol–water partition coefficient (Wildman–Crippen LogP) is 10.7. The highest BCUT2D eigenvalue weighted by molar-refractivity contribution is 7.99. The Morgan fingerprint density at radius 2 is 0.778 bits per heavy atom. The van der Waals surface area contributed by atoms with Crippen LogP contribution in [0.1, 0.15) is 76.3 Å². The number of thioether (sulfide) groups is 1. The molecule has 5 aromatic carbocycles. The van der Waals surface area contributed by atoms with Crippen LogP contribution in [0, 0.1) is 10.8 Å². The maximum Gasteiger partial charge on any atom is 0.311 e. The predicted molar refractivity (Wildman–Crippen MR) is 276 cm³/mol. The summed E-state index contributed by atoms with van der Waals surface area (Å²) >= 11 is 1.50. The molecule has 0 N–H and O–H groups in total. The van der Waals surface area contributed by atoms with E-state index in [2.05, 4.69) is 0 Å². The highest BCUT2D eigenvalue weighted by Crippen LogP contribution is 2.38. The van der Waals surface area contributed by atoms with Crippen LogP contribution in [-0.2, 0) is 90.0 Å². The quantitative estimate of drug-likeness (QED) is 0.0577. The van der Waals surface area contributed by atoms with Crippen LogP contribution < -0.4 is 0 Å². The summed E-state index contributed by atoms with van der Waals surface area (Å²) in [5.74, 6) is -0.226. The van der Waals surface area contributed by atoms with E-state index in [-0.39, 0.29) is 39.6 Å². The van der Waals surface area contributed by atoms with E-state index in [1.54, 1.807) is 20.8 Å². The molecule has 386 valence electrons. The van der Waals surface area contributed by atoms with Gasteiger partial charge in [0.1, 0.15) is 42.1 Å². The van der Waals surface area contributed by atoms with Gasteiger partial charge < -0.3 is 47.4 Å². The van der Waals surface area contributed by atoms with Gasteiger partial charge in [-0.3, -0.25) is 9.59 Å². The first-order valence-electron chi connectivity index (χ1n) is 25.0. The standard InChI is InChI=1S/C59H72O12S/c1-8-72-55-53(71-57(61)59(5,6)7)51(66-38-45-32-22-13-23-33-45)49(64-36-43-28-18-11-19-29-43)47(69-55)40-67-54-52(70-56(60)58(2,3)4)50(65-37-44-30-20-12-21-31-44)48(63-35-42-26-16-10-17-27-42)46(68-54)39-62-34-41-24-14-9-15-25-41/h9-33,46-55H,8,34-40H2,1-7H3/t46?,47?,48-,49-,50?,51?,52?,53?,54-,55+/m1/s1. The number of hydrogen-bond acceptors (Lipinski definition) is 13. The van der Waals surface area contributed by atoms with Crippen LogP contribution >= 0.6 is 11.8 Å². The highest BCUT2D eigenvalue weighted by atomic mass is 32.2. The zero-order valence-corrected chi connectivity index (χ0v) is 43.5. The van der Waals surface area contributed by atoms with Crippen molar-refractivity contribution < 1.29 is 57.0 Å². The number of esters is 2. The molecule has 7 rings (SSSR count). The first kappa shape index (κ1) is 54.8. The van der Waals surface area contributed by atoms with E-state index in [1.807, 2.05) is 179 Å². The Hall–Kier alpha value is -4.93. The van der Waals surface area contributed by atoms with Crippen LogP contribution in [-0.4, -0.2) is 91.5 Å². The van der Waals surface area contributed by atoms with E-state index in [9.17, 15) is 9.59 Å². The third-order valence-electron chi connectivity index (χ3n) is 12.2. The maximum absolute atomic E-state index is 14.2. The smallest absolute Gasteiger partial charge is 0.311 e.